The third kappa shape index (κ3) is 5.16. The van der Waals surface area contributed by atoms with E-state index in [-0.39, 0.29) is 11.5 Å². The van der Waals surface area contributed by atoms with Crippen molar-refractivity contribution in [3.63, 3.8) is 0 Å². The summed E-state index contributed by atoms with van der Waals surface area (Å²) in [4.78, 5) is 21.2. The standard InChI is InChI=1S/C25H35N7O/c1-8-33-23-20(12-18-14-32(7)10-9-19(18)29-23)30-24-26-13-17-11-15(2)27-22(21(17)31-24)28-16(3)25(4,5)6/h11-13,16H,8-10,14H2,1-7H3,(H,27,28)(H,26,30,31). The molecule has 4 heterocycles. The molecule has 0 bridgehead atoms. The lowest BCUT2D eigenvalue weighted by atomic mass is 9.88. The normalized spacial score (nSPS) is 15.2. The van der Waals surface area contributed by atoms with Crippen LogP contribution < -0.4 is 15.4 Å². The number of aromatic nitrogens is 4. The fourth-order valence-electron chi connectivity index (χ4n) is 3.81. The van der Waals surface area contributed by atoms with Gasteiger partial charge >= 0.3 is 0 Å². The van der Waals surface area contributed by atoms with E-state index >= 15 is 0 Å². The van der Waals surface area contributed by atoms with E-state index in [1.807, 2.05) is 26.1 Å². The lowest BCUT2D eigenvalue weighted by Gasteiger charge is -2.29. The Balaban J connectivity index is 1.71. The summed E-state index contributed by atoms with van der Waals surface area (Å²) >= 11 is 0. The number of ether oxygens (including phenoxy) is 1. The van der Waals surface area contributed by atoms with E-state index in [2.05, 4.69) is 61.3 Å². The number of aryl methyl sites for hydroxylation is 1. The average molecular weight is 450 g/mol. The Morgan fingerprint density at radius 1 is 1.18 bits per heavy atom. The maximum Gasteiger partial charge on any atom is 0.238 e. The monoisotopic (exact) mass is 449 g/mol. The fraction of sp³-hybridized carbons (Fsp3) is 0.520. The smallest absolute Gasteiger partial charge is 0.238 e. The van der Waals surface area contributed by atoms with Crippen LogP contribution in [0.15, 0.2) is 18.3 Å². The van der Waals surface area contributed by atoms with Gasteiger partial charge < -0.3 is 20.3 Å². The molecule has 8 heteroatoms. The number of hydrogen-bond acceptors (Lipinski definition) is 8. The van der Waals surface area contributed by atoms with Crippen molar-refractivity contribution in [2.45, 2.75) is 60.5 Å². The topological polar surface area (TPSA) is 88.1 Å². The number of likely N-dealkylation sites (N-methyl/N-ethyl adjacent to an activating group) is 1. The summed E-state index contributed by atoms with van der Waals surface area (Å²) in [5.41, 5.74) is 4.89. The molecule has 3 aromatic heterocycles. The molecule has 0 amide bonds. The van der Waals surface area contributed by atoms with Crippen LogP contribution in [0, 0.1) is 12.3 Å². The zero-order valence-electron chi connectivity index (χ0n) is 20.8. The van der Waals surface area contributed by atoms with Crippen LogP contribution in [0.4, 0.5) is 17.5 Å². The van der Waals surface area contributed by atoms with E-state index in [1.54, 1.807) is 0 Å². The second-order valence-electron chi connectivity index (χ2n) is 9.97. The SMILES string of the molecule is CCOc1nc2c(cc1Nc1ncc3cc(C)nc(NC(C)C(C)(C)C)c3n1)CN(C)CC2. The molecule has 0 saturated heterocycles. The van der Waals surface area contributed by atoms with Gasteiger partial charge in [0, 0.05) is 42.8 Å². The van der Waals surface area contributed by atoms with Crippen molar-refractivity contribution in [2.24, 2.45) is 5.41 Å². The Labute approximate surface area is 196 Å². The van der Waals surface area contributed by atoms with Gasteiger partial charge in [0.25, 0.3) is 0 Å². The molecule has 0 aromatic carbocycles. The van der Waals surface area contributed by atoms with Crippen LogP contribution in [0.5, 0.6) is 5.88 Å². The van der Waals surface area contributed by atoms with Crippen LogP contribution in [0.3, 0.4) is 0 Å². The van der Waals surface area contributed by atoms with Crippen molar-refractivity contribution in [1.29, 1.82) is 0 Å². The third-order valence-corrected chi connectivity index (χ3v) is 6.20. The van der Waals surface area contributed by atoms with Gasteiger partial charge in [0.15, 0.2) is 5.82 Å². The number of rotatable bonds is 6. The molecule has 3 aromatic rings. The summed E-state index contributed by atoms with van der Waals surface area (Å²) in [5, 5.41) is 7.87. The van der Waals surface area contributed by atoms with Crippen molar-refractivity contribution in [3.8, 4) is 5.88 Å². The summed E-state index contributed by atoms with van der Waals surface area (Å²) in [6, 6.07) is 4.34. The van der Waals surface area contributed by atoms with Gasteiger partial charge in [-0.05, 0) is 50.9 Å². The maximum absolute atomic E-state index is 5.85. The van der Waals surface area contributed by atoms with Crippen LogP contribution in [-0.4, -0.2) is 51.1 Å². The van der Waals surface area contributed by atoms with Gasteiger partial charge in [0.05, 0.1) is 12.3 Å². The zero-order chi connectivity index (χ0) is 23.8. The second kappa shape index (κ2) is 9.09. The first-order chi connectivity index (χ1) is 15.6. The Bertz CT molecular complexity index is 1160. The van der Waals surface area contributed by atoms with Gasteiger partial charge in [-0.15, -0.1) is 0 Å². The highest BCUT2D eigenvalue weighted by molar-refractivity contribution is 5.89. The Hall–Kier alpha value is -3.00. The van der Waals surface area contributed by atoms with Crippen molar-refractivity contribution in [2.75, 3.05) is 30.8 Å². The minimum absolute atomic E-state index is 0.0835. The largest absolute Gasteiger partial charge is 0.476 e. The fourth-order valence-corrected chi connectivity index (χ4v) is 3.81. The van der Waals surface area contributed by atoms with E-state index in [9.17, 15) is 0 Å². The van der Waals surface area contributed by atoms with Crippen LogP contribution in [-0.2, 0) is 13.0 Å². The first kappa shape index (κ1) is 23.2. The molecule has 1 atom stereocenters. The highest BCUT2D eigenvalue weighted by Crippen LogP contribution is 2.31. The molecule has 33 heavy (non-hydrogen) atoms. The molecular weight excluding hydrogens is 414 g/mol. The van der Waals surface area contributed by atoms with Crippen LogP contribution in [0.2, 0.25) is 0 Å². The highest BCUT2D eigenvalue weighted by Gasteiger charge is 2.22. The van der Waals surface area contributed by atoms with Gasteiger partial charge in [-0.1, -0.05) is 20.8 Å². The van der Waals surface area contributed by atoms with E-state index in [0.29, 0.717) is 18.4 Å². The zero-order valence-corrected chi connectivity index (χ0v) is 20.8. The molecule has 0 radical (unpaired) electrons. The van der Waals surface area contributed by atoms with Gasteiger partial charge in [-0.2, -0.15) is 0 Å². The second-order valence-corrected chi connectivity index (χ2v) is 9.97. The molecule has 0 aliphatic carbocycles. The Morgan fingerprint density at radius 3 is 2.70 bits per heavy atom. The van der Waals surface area contributed by atoms with E-state index in [4.69, 9.17) is 19.7 Å². The molecule has 8 nitrogen and oxygen atoms in total. The number of pyridine rings is 2. The number of nitrogens with zero attached hydrogens (tertiary/aromatic N) is 5. The van der Waals surface area contributed by atoms with Crippen LogP contribution in [0.25, 0.3) is 10.9 Å². The molecule has 0 spiro atoms. The van der Waals surface area contributed by atoms with E-state index < -0.39 is 0 Å². The van der Waals surface area contributed by atoms with Crippen LogP contribution in [0.1, 0.15) is 51.6 Å². The number of fused-ring (bicyclic) bond motifs is 2. The Morgan fingerprint density at radius 2 is 1.97 bits per heavy atom. The number of hydrogen-bond donors (Lipinski definition) is 2. The summed E-state index contributed by atoms with van der Waals surface area (Å²) in [6.07, 6.45) is 2.76. The Kier molecular flexibility index (Phi) is 6.38. The summed E-state index contributed by atoms with van der Waals surface area (Å²) in [5.74, 6) is 1.85. The molecule has 176 valence electrons. The first-order valence-corrected chi connectivity index (χ1v) is 11.7. The van der Waals surface area contributed by atoms with Gasteiger partial charge in [-0.3, -0.25) is 0 Å². The summed E-state index contributed by atoms with van der Waals surface area (Å²) in [6.45, 7) is 15.2. The first-order valence-electron chi connectivity index (χ1n) is 11.7. The predicted octanol–water partition coefficient (Wildman–Crippen LogP) is 4.70. The van der Waals surface area contributed by atoms with Crippen molar-refractivity contribution in [1.82, 2.24) is 24.8 Å². The number of anilines is 3. The minimum atomic E-state index is 0.0835. The van der Waals surface area contributed by atoms with Gasteiger partial charge in [0.1, 0.15) is 11.2 Å². The molecule has 0 fully saturated rings. The molecule has 2 N–H and O–H groups in total. The molecule has 1 aliphatic rings. The minimum Gasteiger partial charge on any atom is -0.476 e. The van der Waals surface area contributed by atoms with Crippen LogP contribution >= 0.6 is 0 Å². The predicted molar refractivity (Wildman–Crippen MR) is 133 cm³/mol. The molecule has 4 rings (SSSR count). The maximum atomic E-state index is 5.85. The van der Waals surface area contributed by atoms with Gasteiger partial charge in [0.2, 0.25) is 11.8 Å². The highest BCUT2D eigenvalue weighted by atomic mass is 16.5. The summed E-state index contributed by atoms with van der Waals surface area (Å²) in [7, 11) is 2.13. The van der Waals surface area contributed by atoms with Crippen molar-refractivity contribution < 1.29 is 4.74 Å². The lowest BCUT2D eigenvalue weighted by Crippen LogP contribution is -2.31. The third-order valence-electron chi connectivity index (χ3n) is 6.20. The lowest BCUT2D eigenvalue weighted by molar-refractivity contribution is 0.301. The van der Waals surface area contributed by atoms with Crippen molar-refractivity contribution >= 4 is 28.4 Å². The number of nitrogens with one attached hydrogen (secondary N) is 2. The molecule has 0 saturated carbocycles. The quantitative estimate of drug-likeness (QED) is 0.560. The molecule has 1 unspecified atom stereocenters. The molecular formula is C25H35N7O. The van der Waals surface area contributed by atoms with Crippen molar-refractivity contribution in [3.05, 3.63) is 35.3 Å². The van der Waals surface area contributed by atoms with E-state index in [1.165, 1.54) is 5.56 Å². The average Bonchev–Trinajstić information content (AvgIpc) is 2.74. The van der Waals surface area contributed by atoms with E-state index in [0.717, 1.165) is 53.3 Å². The summed E-state index contributed by atoms with van der Waals surface area (Å²) < 4.78 is 5.85. The van der Waals surface area contributed by atoms with Gasteiger partial charge in [-0.25, -0.2) is 19.9 Å². The molecule has 1 aliphatic heterocycles.